The van der Waals surface area contributed by atoms with E-state index in [1.165, 1.54) is 17.7 Å². The number of aromatic amines is 1. The van der Waals surface area contributed by atoms with Crippen LogP contribution in [0.4, 0.5) is 11.5 Å². The molecule has 5 aliphatic heterocycles. The van der Waals surface area contributed by atoms with Gasteiger partial charge >= 0.3 is 0 Å². The molecule has 0 bridgehead atoms. The van der Waals surface area contributed by atoms with E-state index < -0.39 is 18.2 Å². The van der Waals surface area contributed by atoms with Gasteiger partial charge in [-0.05, 0) is 108 Å². The number of piperidine rings is 3. The number of fused-ring (bicyclic) bond motifs is 2. The third-order valence-electron chi connectivity index (χ3n) is 13.2. The molecule has 15 heteroatoms. The van der Waals surface area contributed by atoms with E-state index in [0.29, 0.717) is 29.0 Å². The first-order valence-electron chi connectivity index (χ1n) is 21.5. The largest absolute Gasteiger partial charge is 0.491 e. The molecule has 7 heterocycles. The van der Waals surface area contributed by atoms with Gasteiger partial charge in [-0.25, -0.2) is 9.97 Å². The lowest BCUT2D eigenvalue weighted by molar-refractivity contribution is -0.139. The van der Waals surface area contributed by atoms with E-state index in [4.69, 9.17) is 4.74 Å². The summed E-state index contributed by atoms with van der Waals surface area (Å²) >= 11 is 0. The van der Waals surface area contributed by atoms with Crippen LogP contribution in [0.1, 0.15) is 81.4 Å². The van der Waals surface area contributed by atoms with Crippen molar-refractivity contribution in [2.45, 2.75) is 83.7 Å². The van der Waals surface area contributed by atoms with Crippen LogP contribution in [0.5, 0.6) is 5.75 Å². The summed E-state index contributed by atoms with van der Waals surface area (Å²) in [5, 5.41) is 22.0. The Balaban J connectivity index is 0.725. The molecule has 3 atom stereocenters. The topological polar surface area (TPSA) is 163 Å². The second-order valence-electron chi connectivity index (χ2n) is 17.5. The standard InChI is InChI=1S/C44H56N10O5/c1-27(2)59-32-5-7-36-35(21-32)41(49-48-36)37-22-39(46-26-45-37)53-19-18-52(28(3)23-53)25-30-10-14-50(15-11-30)24-29-12-16-51(17-13-29)31-4-6-33-34(20-31)44(58)54(43(33)57)38-8-9-40(55)47-42(38)56/h4-7,20-22,26-30,38,43,57H,8-19,23-25H2,1-3H3,(H,48,49)(H,47,55,56)/t28-,38?,43?/m0/s1. The van der Waals surface area contributed by atoms with Crippen LogP contribution in [-0.2, 0) is 9.59 Å². The van der Waals surface area contributed by atoms with Crippen molar-refractivity contribution in [3.8, 4) is 17.1 Å². The second-order valence-corrected chi connectivity index (χ2v) is 17.5. The maximum Gasteiger partial charge on any atom is 0.257 e. The highest BCUT2D eigenvalue weighted by Crippen LogP contribution is 2.38. The molecule has 4 fully saturated rings. The SMILES string of the molecule is CC(C)Oc1ccc2[nH]nc(-c3cc(N4CCN(CC5CCN(CC6CCN(c7ccc8c(c7)C(=O)N(C7CCC(=O)NC7=O)C8O)CC6)CC5)[C@@H](C)C4)ncn3)c2c1. The van der Waals surface area contributed by atoms with Gasteiger partial charge < -0.3 is 24.5 Å². The second kappa shape index (κ2) is 16.5. The number of aliphatic hydroxyl groups is 1. The summed E-state index contributed by atoms with van der Waals surface area (Å²) in [5.41, 5.74) is 4.48. The predicted molar refractivity (Wildman–Crippen MR) is 224 cm³/mol. The van der Waals surface area contributed by atoms with Gasteiger partial charge in [-0.2, -0.15) is 5.10 Å². The molecule has 15 nitrogen and oxygen atoms in total. The Morgan fingerprint density at radius 3 is 2.41 bits per heavy atom. The Bertz CT molecular complexity index is 2200. The number of amides is 3. The maximum absolute atomic E-state index is 13.4. The number of carbonyl (C=O) groups excluding carboxylic acids is 3. The molecule has 3 N–H and O–H groups in total. The molecule has 312 valence electrons. The number of likely N-dealkylation sites (tertiary alicyclic amines) is 1. The molecule has 4 saturated heterocycles. The Hall–Kier alpha value is -5.12. The number of imide groups is 1. The van der Waals surface area contributed by atoms with E-state index in [1.807, 2.05) is 50.2 Å². The van der Waals surface area contributed by atoms with Crippen LogP contribution in [0.25, 0.3) is 22.3 Å². The fraction of sp³-hybridized carbons (Fsp3) is 0.545. The maximum atomic E-state index is 13.4. The van der Waals surface area contributed by atoms with E-state index in [1.54, 1.807) is 6.33 Å². The van der Waals surface area contributed by atoms with Crippen LogP contribution < -0.4 is 19.9 Å². The van der Waals surface area contributed by atoms with Crippen LogP contribution in [0.2, 0.25) is 0 Å². The van der Waals surface area contributed by atoms with Crippen molar-refractivity contribution in [1.29, 1.82) is 0 Å². The molecule has 0 saturated carbocycles. The monoisotopic (exact) mass is 804 g/mol. The van der Waals surface area contributed by atoms with Gasteiger partial charge in [-0.3, -0.25) is 34.6 Å². The summed E-state index contributed by atoms with van der Waals surface area (Å²) in [7, 11) is 0. The van der Waals surface area contributed by atoms with Crippen LogP contribution in [0.15, 0.2) is 48.8 Å². The first kappa shape index (κ1) is 39.3. The van der Waals surface area contributed by atoms with Crippen LogP contribution in [0, 0.1) is 11.8 Å². The first-order chi connectivity index (χ1) is 28.6. The number of benzene rings is 2. The highest BCUT2D eigenvalue weighted by atomic mass is 16.5. The first-order valence-corrected chi connectivity index (χ1v) is 21.5. The van der Waals surface area contributed by atoms with E-state index in [0.717, 1.165) is 111 Å². The number of nitrogens with zero attached hydrogens (tertiary/aromatic N) is 8. The van der Waals surface area contributed by atoms with Crippen molar-refractivity contribution < 1.29 is 24.2 Å². The number of H-pyrrole nitrogens is 1. The van der Waals surface area contributed by atoms with Crippen molar-refractivity contribution >= 4 is 40.1 Å². The molecule has 2 unspecified atom stereocenters. The summed E-state index contributed by atoms with van der Waals surface area (Å²) < 4.78 is 5.94. The zero-order valence-electron chi connectivity index (χ0n) is 34.3. The average Bonchev–Trinajstić information content (AvgIpc) is 3.76. The van der Waals surface area contributed by atoms with Crippen molar-refractivity contribution in [2.24, 2.45) is 11.8 Å². The van der Waals surface area contributed by atoms with Crippen molar-refractivity contribution in [1.82, 2.24) is 40.2 Å². The number of hydrogen-bond donors (Lipinski definition) is 3. The quantitative estimate of drug-likeness (QED) is 0.196. The average molecular weight is 805 g/mol. The van der Waals surface area contributed by atoms with Crippen LogP contribution in [0.3, 0.4) is 0 Å². The molecule has 0 spiro atoms. The molecule has 59 heavy (non-hydrogen) atoms. The zero-order valence-corrected chi connectivity index (χ0v) is 34.3. The van der Waals surface area contributed by atoms with Crippen molar-refractivity contribution in [3.63, 3.8) is 0 Å². The van der Waals surface area contributed by atoms with E-state index in [9.17, 15) is 19.5 Å². The number of hydrogen-bond acceptors (Lipinski definition) is 12. The third kappa shape index (κ3) is 8.12. The van der Waals surface area contributed by atoms with Gasteiger partial charge in [0.25, 0.3) is 5.91 Å². The predicted octanol–water partition coefficient (Wildman–Crippen LogP) is 4.20. The minimum absolute atomic E-state index is 0.0902. The third-order valence-corrected chi connectivity index (χ3v) is 13.2. The smallest absolute Gasteiger partial charge is 0.257 e. The highest BCUT2D eigenvalue weighted by molar-refractivity contribution is 6.06. The fourth-order valence-corrected chi connectivity index (χ4v) is 9.89. The van der Waals surface area contributed by atoms with E-state index in [2.05, 4.69) is 58.1 Å². The number of aromatic nitrogens is 4. The Labute approximate surface area is 345 Å². The molecule has 2 aromatic carbocycles. The van der Waals surface area contributed by atoms with Gasteiger partial charge in [0.05, 0.1) is 17.3 Å². The molecule has 3 amide bonds. The van der Waals surface area contributed by atoms with Crippen molar-refractivity contribution in [2.75, 3.05) is 68.7 Å². The highest BCUT2D eigenvalue weighted by Gasteiger charge is 2.44. The number of aliphatic hydroxyl groups excluding tert-OH is 1. The van der Waals surface area contributed by atoms with Gasteiger partial charge in [-0.15, -0.1) is 0 Å². The number of nitrogens with one attached hydrogen (secondary N) is 2. The summed E-state index contributed by atoms with van der Waals surface area (Å²) in [6.45, 7) is 15.7. The molecule has 9 rings (SSSR count). The minimum atomic E-state index is -1.20. The Morgan fingerprint density at radius 1 is 0.864 bits per heavy atom. The number of rotatable bonds is 10. The number of carbonyl (C=O) groups is 3. The molecule has 0 aliphatic carbocycles. The Kier molecular flexibility index (Phi) is 11.0. The van der Waals surface area contributed by atoms with E-state index in [-0.39, 0.29) is 30.8 Å². The van der Waals surface area contributed by atoms with Crippen LogP contribution in [-0.4, -0.2) is 135 Å². The zero-order chi connectivity index (χ0) is 40.8. The fourth-order valence-electron chi connectivity index (χ4n) is 9.89. The normalized spacial score (nSPS) is 24.1. The molecule has 4 aromatic rings. The summed E-state index contributed by atoms with van der Waals surface area (Å²) in [5.74, 6) is 1.87. The molecule has 2 aromatic heterocycles. The van der Waals surface area contributed by atoms with E-state index >= 15 is 0 Å². The summed E-state index contributed by atoms with van der Waals surface area (Å²) in [6.07, 6.45) is 5.56. The lowest BCUT2D eigenvalue weighted by Crippen LogP contribution is -2.54. The van der Waals surface area contributed by atoms with Gasteiger partial charge in [0, 0.05) is 86.5 Å². The summed E-state index contributed by atoms with van der Waals surface area (Å²) in [4.78, 5) is 58.2. The van der Waals surface area contributed by atoms with Gasteiger partial charge in [-0.1, -0.05) is 6.07 Å². The lowest BCUT2D eigenvalue weighted by atomic mass is 9.92. The molecule has 5 aliphatic rings. The minimum Gasteiger partial charge on any atom is -0.491 e. The van der Waals surface area contributed by atoms with Crippen LogP contribution >= 0.6 is 0 Å². The number of piperazine rings is 1. The van der Waals surface area contributed by atoms with Gasteiger partial charge in [0.1, 0.15) is 29.6 Å². The molecular weight excluding hydrogens is 749 g/mol. The van der Waals surface area contributed by atoms with Crippen molar-refractivity contribution in [3.05, 3.63) is 59.9 Å². The lowest BCUT2D eigenvalue weighted by Gasteiger charge is -2.43. The summed E-state index contributed by atoms with van der Waals surface area (Å²) in [6, 6.07) is 13.3. The van der Waals surface area contributed by atoms with Gasteiger partial charge in [0.15, 0.2) is 6.23 Å². The van der Waals surface area contributed by atoms with Gasteiger partial charge in [0.2, 0.25) is 11.8 Å². The number of anilines is 2. The Morgan fingerprint density at radius 2 is 1.64 bits per heavy atom. The molecule has 0 radical (unpaired) electrons. The number of ether oxygens (including phenoxy) is 1. The molecular formula is C44H56N10O5.